The number of aliphatic hydroxyl groups excluding tert-OH is 1. The van der Waals surface area contributed by atoms with Crippen LogP contribution in [0.2, 0.25) is 0 Å². The summed E-state index contributed by atoms with van der Waals surface area (Å²) in [6.45, 7) is 5.23. The van der Waals surface area contributed by atoms with E-state index in [-0.39, 0.29) is 35.8 Å². The van der Waals surface area contributed by atoms with Crippen molar-refractivity contribution in [3.63, 3.8) is 0 Å². The van der Waals surface area contributed by atoms with Crippen molar-refractivity contribution in [1.29, 1.82) is 0 Å². The van der Waals surface area contributed by atoms with E-state index in [1.165, 1.54) is 6.07 Å². The minimum Gasteiger partial charge on any atom is -0.391 e. The Morgan fingerprint density at radius 3 is 2.52 bits per heavy atom. The lowest BCUT2D eigenvalue weighted by Crippen LogP contribution is -2.20. The van der Waals surface area contributed by atoms with E-state index in [4.69, 9.17) is 9.05 Å². The lowest BCUT2D eigenvalue weighted by atomic mass is 10.0. The summed E-state index contributed by atoms with van der Waals surface area (Å²) in [5.41, 5.74) is 1.54. The molecule has 1 fully saturated rings. The maximum atomic E-state index is 15.6. The van der Waals surface area contributed by atoms with Gasteiger partial charge in [-0.1, -0.05) is 12.1 Å². The van der Waals surface area contributed by atoms with Crippen LogP contribution in [0.4, 0.5) is 14.5 Å². The number of thioether (sulfide) groups is 1. The van der Waals surface area contributed by atoms with Crippen molar-refractivity contribution in [3.05, 3.63) is 48.2 Å². The van der Waals surface area contributed by atoms with E-state index in [1.54, 1.807) is 32.2 Å². The van der Waals surface area contributed by atoms with Crippen molar-refractivity contribution in [2.45, 2.75) is 31.3 Å². The van der Waals surface area contributed by atoms with Crippen molar-refractivity contribution in [2.75, 3.05) is 36.7 Å². The summed E-state index contributed by atoms with van der Waals surface area (Å²) in [5.74, 6) is -1.35. The molecule has 0 spiro atoms. The van der Waals surface area contributed by atoms with E-state index in [9.17, 15) is 14.1 Å². The van der Waals surface area contributed by atoms with Gasteiger partial charge >= 0.3 is 7.60 Å². The minimum absolute atomic E-state index is 0.0180. The molecule has 0 unspecified atom stereocenters. The highest BCUT2D eigenvalue weighted by Crippen LogP contribution is 2.53. The molecule has 33 heavy (non-hydrogen) atoms. The first kappa shape index (κ1) is 24.2. The van der Waals surface area contributed by atoms with Crippen molar-refractivity contribution in [2.24, 2.45) is 0 Å². The van der Waals surface area contributed by atoms with Gasteiger partial charge in [-0.15, -0.1) is 11.8 Å². The lowest BCUT2D eigenvalue weighted by Gasteiger charge is -2.18. The fraction of sp³-hybridized carbons (Fsp3) is 0.391. The Hall–Kier alpha value is -1.90. The van der Waals surface area contributed by atoms with E-state index in [0.29, 0.717) is 28.9 Å². The first-order valence-corrected chi connectivity index (χ1v) is 13.6. The molecule has 10 heteroatoms. The zero-order valence-electron chi connectivity index (χ0n) is 18.5. The van der Waals surface area contributed by atoms with Crippen LogP contribution < -0.4 is 4.90 Å². The monoisotopic (exact) mass is 496 g/mol. The topological polar surface area (TPSA) is 74.8 Å². The summed E-state index contributed by atoms with van der Waals surface area (Å²) < 4.78 is 53.9. The molecule has 1 aliphatic rings. The van der Waals surface area contributed by atoms with E-state index >= 15 is 4.39 Å². The van der Waals surface area contributed by atoms with Crippen LogP contribution in [0.5, 0.6) is 0 Å². The van der Waals surface area contributed by atoms with Gasteiger partial charge in [-0.25, -0.2) is 8.78 Å². The maximum absolute atomic E-state index is 15.6. The Morgan fingerprint density at radius 2 is 1.91 bits per heavy atom. The summed E-state index contributed by atoms with van der Waals surface area (Å²) >= 11 is 1.15. The normalized spacial score (nSPS) is 16.8. The van der Waals surface area contributed by atoms with Crippen molar-refractivity contribution >= 4 is 35.9 Å². The molecule has 1 atom stereocenters. The SMILES string of the molecule is CCOP(=O)(CSc1c[nH]c2cc(F)c(-c3ccc(N4CC[C@H](O)C4)cc3)c(F)c12)OCC. The largest absolute Gasteiger partial charge is 0.391 e. The fourth-order valence-corrected chi connectivity index (χ4v) is 7.17. The van der Waals surface area contributed by atoms with Crippen LogP contribution in [-0.4, -0.2) is 48.0 Å². The number of nitrogens with one attached hydrogen (secondary N) is 1. The standard InChI is InChI=1S/C23H27F2N2O4PS/c1-3-30-32(29,31-4-2)14-33-20-12-26-19-11-18(24)21(23(25)22(19)20)15-5-7-16(8-6-15)27-10-9-17(28)13-27/h5-8,11-12,17,26,28H,3-4,9-10,13-14H2,1-2H3/t17-/m0/s1. The first-order valence-electron chi connectivity index (χ1n) is 10.9. The number of anilines is 1. The molecule has 1 aliphatic heterocycles. The Morgan fingerprint density at radius 1 is 1.21 bits per heavy atom. The quantitative estimate of drug-likeness (QED) is 0.280. The number of aromatic amines is 1. The van der Waals surface area contributed by atoms with Gasteiger partial charge in [-0.05, 0) is 44.0 Å². The van der Waals surface area contributed by atoms with Crippen LogP contribution in [0.3, 0.4) is 0 Å². The van der Waals surface area contributed by atoms with Gasteiger partial charge in [0.2, 0.25) is 0 Å². The van der Waals surface area contributed by atoms with Gasteiger partial charge in [0.1, 0.15) is 17.1 Å². The van der Waals surface area contributed by atoms with E-state index < -0.39 is 19.2 Å². The highest BCUT2D eigenvalue weighted by Gasteiger charge is 2.26. The number of hydrogen-bond donors (Lipinski definition) is 2. The van der Waals surface area contributed by atoms with Crippen LogP contribution in [-0.2, 0) is 13.6 Å². The highest BCUT2D eigenvalue weighted by atomic mass is 32.2. The van der Waals surface area contributed by atoms with Gasteiger partial charge in [-0.3, -0.25) is 4.57 Å². The first-order chi connectivity index (χ1) is 15.8. The maximum Gasteiger partial charge on any atom is 0.340 e. The second-order valence-electron chi connectivity index (χ2n) is 7.78. The van der Waals surface area contributed by atoms with E-state index in [1.807, 2.05) is 17.0 Å². The summed E-state index contributed by atoms with van der Waals surface area (Å²) in [4.78, 5) is 5.44. The second-order valence-corrected chi connectivity index (χ2v) is 11.3. The number of rotatable bonds is 9. The van der Waals surface area contributed by atoms with Crippen molar-refractivity contribution in [1.82, 2.24) is 4.98 Å². The van der Waals surface area contributed by atoms with E-state index in [0.717, 1.165) is 24.0 Å². The van der Waals surface area contributed by atoms with Gasteiger partial charge in [0.25, 0.3) is 0 Å². The summed E-state index contributed by atoms with van der Waals surface area (Å²) in [6.07, 6.45) is 1.92. The number of β-amino-alcohol motifs (C(OH)–C–C–N with tert-alkyl or cyclic N) is 1. The molecule has 0 bridgehead atoms. The van der Waals surface area contributed by atoms with Gasteiger partial charge in [0, 0.05) is 35.3 Å². The molecule has 2 N–H and O–H groups in total. The summed E-state index contributed by atoms with van der Waals surface area (Å²) in [6, 6.07) is 8.26. The van der Waals surface area contributed by atoms with Crippen LogP contribution in [0.15, 0.2) is 41.4 Å². The Balaban J connectivity index is 1.64. The third-order valence-corrected chi connectivity index (χ3v) is 9.26. The third-order valence-electron chi connectivity index (χ3n) is 5.54. The molecule has 0 saturated carbocycles. The van der Waals surface area contributed by atoms with Gasteiger partial charge in [-0.2, -0.15) is 0 Å². The number of benzene rings is 2. The predicted molar refractivity (Wildman–Crippen MR) is 128 cm³/mol. The molecule has 2 heterocycles. The molecule has 1 saturated heterocycles. The average Bonchev–Trinajstić information content (AvgIpc) is 3.39. The summed E-state index contributed by atoms with van der Waals surface area (Å²) in [5, 5.41) is 9.99. The number of aliphatic hydroxyl groups is 1. The predicted octanol–water partition coefficient (Wildman–Crippen LogP) is 6.00. The molecule has 0 radical (unpaired) electrons. The number of aromatic nitrogens is 1. The average molecular weight is 497 g/mol. The number of nitrogens with zero attached hydrogens (tertiary/aromatic N) is 1. The second kappa shape index (κ2) is 10.2. The van der Waals surface area contributed by atoms with Crippen molar-refractivity contribution in [3.8, 4) is 11.1 Å². The highest BCUT2D eigenvalue weighted by molar-refractivity contribution is 8.04. The number of halogens is 2. The Bertz CT molecular complexity index is 1160. The summed E-state index contributed by atoms with van der Waals surface area (Å²) in [7, 11) is -3.32. The Labute approximate surface area is 195 Å². The van der Waals surface area contributed by atoms with Crippen molar-refractivity contribution < 1.29 is 27.5 Å². The lowest BCUT2D eigenvalue weighted by molar-refractivity contribution is 0.198. The smallest absolute Gasteiger partial charge is 0.340 e. The molecule has 2 aromatic carbocycles. The molecule has 3 aromatic rings. The number of fused-ring (bicyclic) bond motifs is 1. The molecule has 4 rings (SSSR count). The zero-order valence-corrected chi connectivity index (χ0v) is 20.2. The molecule has 0 amide bonds. The molecule has 0 aliphatic carbocycles. The van der Waals surface area contributed by atoms with Crippen LogP contribution in [0, 0.1) is 11.6 Å². The minimum atomic E-state index is -3.32. The van der Waals surface area contributed by atoms with Crippen LogP contribution in [0.1, 0.15) is 20.3 Å². The Kier molecular flexibility index (Phi) is 7.46. The van der Waals surface area contributed by atoms with Gasteiger partial charge < -0.3 is 24.0 Å². The molecular weight excluding hydrogens is 469 g/mol. The van der Waals surface area contributed by atoms with Gasteiger partial charge in [0.05, 0.1) is 30.4 Å². The molecule has 178 valence electrons. The van der Waals surface area contributed by atoms with Gasteiger partial charge in [0.15, 0.2) is 0 Å². The third kappa shape index (κ3) is 5.12. The fourth-order valence-electron chi connectivity index (χ4n) is 4.04. The number of H-pyrrole nitrogens is 1. The molecule has 6 nitrogen and oxygen atoms in total. The van der Waals surface area contributed by atoms with E-state index in [2.05, 4.69) is 4.98 Å². The van der Waals surface area contributed by atoms with Crippen LogP contribution >= 0.6 is 19.4 Å². The molecule has 1 aromatic heterocycles. The zero-order chi connectivity index (χ0) is 23.6. The number of hydrogen-bond acceptors (Lipinski definition) is 6. The molecular formula is C23H27F2N2O4PS. The van der Waals surface area contributed by atoms with Crippen LogP contribution in [0.25, 0.3) is 22.0 Å².